The van der Waals surface area contributed by atoms with Crippen LogP contribution in [0, 0.1) is 0 Å². The first-order valence-electron chi connectivity index (χ1n) is 3.04. The maximum atomic E-state index is 12.1. The number of rotatable bonds is 1. The molecule has 1 unspecified atom stereocenters. The third-order valence-corrected chi connectivity index (χ3v) is 1.88. The van der Waals surface area contributed by atoms with Crippen molar-refractivity contribution in [3.05, 3.63) is 23.9 Å². The minimum atomic E-state index is -4.69. The van der Waals surface area contributed by atoms with Crippen LogP contribution < -0.4 is 18.9 Å². The molecule has 0 aromatic carbocycles. The molecule has 1 atom stereocenters. The zero-order valence-corrected chi connectivity index (χ0v) is 7.85. The molecule has 72 valence electrons. The second-order valence-electron chi connectivity index (χ2n) is 2.09. The molecule has 0 N–H and O–H groups in total. The summed E-state index contributed by atoms with van der Waals surface area (Å²) in [7, 11) is 0. The molecule has 0 saturated carbocycles. The third-order valence-electron chi connectivity index (χ3n) is 1.23. The van der Waals surface area contributed by atoms with E-state index in [1.54, 1.807) is 0 Å². The van der Waals surface area contributed by atoms with Gasteiger partial charge in [0.25, 0.3) is 0 Å². The molecule has 0 aliphatic heterocycles. The van der Waals surface area contributed by atoms with Gasteiger partial charge in [-0.2, -0.15) is 13.2 Å². The first-order chi connectivity index (χ1) is 5.93. The monoisotopic (exact) mass is 217 g/mol. The van der Waals surface area contributed by atoms with Crippen molar-refractivity contribution in [1.82, 2.24) is 4.98 Å². The summed E-state index contributed by atoms with van der Waals surface area (Å²) in [5, 5.41) is -0.977. The molecular formula is C6H3F3LiNO2S. The van der Waals surface area contributed by atoms with Gasteiger partial charge in [0, 0.05) is 6.20 Å². The Morgan fingerprint density at radius 1 is 1.43 bits per heavy atom. The van der Waals surface area contributed by atoms with Crippen molar-refractivity contribution in [2.45, 2.75) is 11.2 Å². The van der Waals surface area contributed by atoms with Crippen molar-refractivity contribution in [3.63, 3.8) is 0 Å². The van der Waals surface area contributed by atoms with Crippen molar-refractivity contribution in [2.75, 3.05) is 0 Å². The molecule has 0 amide bonds. The summed E-state index contributed by atoms with van der Waals surface area (Å²) < 4.78 is 56.9. The number of aromatic nitrogens is 1. The summed E-state index contributed by atoms with van der Waals surface area (Å²) in [6.45, 7) is 0. The van der Waals surface area contributed by atoms with Crippen LogP contribution >= 0.6 is 0 Å². The summed E-state index contributed by atoms with van der Waals surface area (Å²) >= 11 is -2.97. The SMILES string of the molecule is O=S([O-])c1ncccc1C(F)(F)F.[Li+]. The average Bonchev–Trinajstić information content (AvgIpc) is 2.03. The van der Waals surface area contributed by atoms with E-state index in [0.29, 0.717) is 6.07 Å². The Labute approximate surface area is 92.2 Å². The predicted octanol–water partition coefficient (Wildman–Crippen LogP) is -1.66. The maximum Gasteiger partial charge on any atom is 1.00 e. The second kappa shape index (κ2) is 4.93. The molecule has 0 bridgehead atoms. The van der Waals surface area contributed by atoms with Gasteiger partial charge in [0.05, 0.1) is 5.56 Å². The van der Waals surface area contributed by atoms with E-state index < -0.39 is 27.8 Å². The van der Waals surface area contributed by atoms with Crippen LogP contribution in [-0.2, 0) is 17.3 Å². The van der Waals surface area contributed by atoms with Gasteiger partial charge < -0.3 is 4.55 Å². The molecule has 0 aliphatic rings. The van der Waals surface area contributed by atoms with Gasteiger partial charge in [0.15, 0.2) is 0 Å². The minimum Gasteiger partial charge on any atom is -0.767 e. The van der Waals surface area contributed by atoms with Gasteiger partial charge in [0.1, 0.15) is 5.03 Å². The third kappa shape index (κ3) is 3.10. The summed E-state index contributed by atoms with van der Waals surface area (Å²) in [6, 6.07) is 1.69. The first kappa shape index (κ1) is 13.6. The second-order valence-corrected chi connectivity index (χ2v) is 2.94. The van der Waals surface area contributed by atoms with Gasteiger partial charge in [-0.15, -0.1) is 0 Å². The van der Waals surface area contributed by atoms with Crippen molar-refractivity contribution in [3.8, 4) is 0 Å². The number of pyridine rings is 1. The predicted molar refractivity (Wildman–Crippen MR) is 36.4 cm³/mol. The number of hydrogen-bond acceptors (Lipinski definition) is 3. The molecule has 1 rings (SSSR count). The maximum absolute atomic E-state index is 12.1. The van der Waals surface area contributed by atoms with E-state index in [0.717, 1.165) is 12.3 Å². The molecule has 8 heteroatoms. The summed E-state index contributed by atoms with van der Waals surface area (Å²) in [6.07, 6.45) is -3.70. The van der Waals surface area contributed by atoms with Gasteiger partial charge in [-0.25, -0.2) is 4.98 Å². The Morgan fingerprint density at radius 2 is 2.00 bits per heavy atom. The fourth-order valence-electron chi connectivity index (χ4n) is 0.739. The number of halogens is 3. The Bertz CT molecular complexity index is 344. The van der Waals surface area contributed by atoms with Crippen LogP contribution in [0.5, 0.6) is 0 Å². The molecular weight excluding hydrogens is 214 g/mol. The number of hydrogen-bond donors (Lipinski definition) is 0. The van der Waals surface area contributed by atoms with Gasteiger partial charge in [-0.05, 0) is 23.2 Å². The molecule has 1 heterocycles. The molecule has 1 aromatic rings. The Hall–Kier alpha value is -0.353. The minimum absolute atomic E-state index is 0. The van der Waals surface area contributed by atoms with E-state index in [9.17, 15) is 21.9 Å². The van der Waals surface area contributed by atoms with Crippen molar-refractivity contribution in [2.24, 2.45) is 0 Å². The molecule has 14 heavy (non-hydrogen) atoms. The molecule has 0 radical (unpaired) electrons. The largest absolute Gasteiger partial charge is 1.00 e. The molecule has 0 saturated heterocycles. The molecule has 3 nitrogen and oxygen atoms in total. The van der Waals surface area contributed by atoms with Crippen LogP contribution in [0.4, 0.5) is 13.2 Å². The van der Waals surface area contributed by atoms with E-state index in [2.05, 4.69) is 4.98 Å². The van der Waals surface area contributed by atoms with E-state index in [4.69, 9.17) is 0 Å². The van der Waals surface area contributed by atoms with Crippen molar-refractivity contribution in [1.29, 1.82) is 0 Å². The molecule has 0 fully saturated rings. The van der Waals surface area contributed by atoms with E-state index in [1.165, 1.54) is 0 Å². The first-order valence-corrected chi connectivity index (χ1v) is 4.12. The average molecular weight is 217 g/mol. The summed E-state index contributed by atoms with van der Waals surface area (Å²) in [5.74, 6) is 0. The number of alkyl halides is 3. The smallest absolute Gasteiger partial charge is 0.767 e. The van der Waals surface area contributed by atoms with Crippen molar-refractivity contribution < 1.29 is 40.8 Å². The fraction of sp³-hybridized carbons (Fsp3) is 0.167. The fourth-order valence-corrected chi connectivity index (χ4v) is 1.25. The Balaban J connectivity index is 0.00000169. The molecule has 0 aliphatic carbocycles. The van der Waals surface area contributed by atoms with Crippen LogP contribution in [0.2, 0.25) is 0 Å². The molecule has 0 spiro atoms. The van der Waals surface area contributed by atoms with Gasteiger partial charge >= 0.3 is 25.0 Å². The Morgan fingerprint density at radius 3 is 2.36 bits per heavy atom. The topological polar surface area (TPSA) is 53.0 Å². The van der Waals surface area contributed by atoms with Gasteiger partial charge in [0.2, 0.25) is 0 Å². The summed E-state index contributed by atoms with van der Waals surface area (Å²) in [5.41, 5.74) is -1.25. The number of nitrogens with zero attached hydrogens (tertiary/aromatic N) is 1. The van der Waals surface area contributed by atoms with E-state index in [-0.39, 0.29) is 18.9 Å². The molecule has 1 aromatic heterocycles. The van der Waals surface area contributed by atoms with E-state index >= 15 is 0 Å². The van der Waals surface area contributed by atoms with E-state index in [1.807, 2.05) is 0 Å². The normalized spacial score (nSPS) is 13.1. The van der Waals surface area contributed by atoms with Gasteiger partial charge in [-0.3, -0.25) is 4.21 Å². The zero-order valence-electron chi connectivity index (χ0n) is 7.04. The van der Waals surface area contributed by atoms with Crippen molar-refractivity contribution >= 4 is 11.1 Å². The Kier molecular flexibility index (Phi) is 4.81. The van der Waals surface area contributed by atoms with Crippen LogP contribution in [0.25, 0.3) is 0 Å². The standard InChI is InChI=1S/C6H4F3NO2S.Li/c7-6(8,9)4-2-1-3-10-5(4)13(11)12;/h1-3H,(H,11,12);/q;+1/p-1. The van der Waals surface area contributed by atoms with Gasteiger partial charge in [-0.1, -0.05) is 0 Å². The zero-order chi connectivity index (χ0) is 10.1. The summed E-state index contributed by atoms with van der Waals surface area (Å²) in [4.78, 5) is 3.11. The van der Waals surface area contributed by atoms with Crippen LogP contribution in [0.3, 0.4) is 0 Å². The quantitative estimate of drug-likeness (QED) is 0.418. The van der Waals surface area contributed by atoms with Crippen LogP contribution in [-0.4, -0.2) is 13.7 Å². The van der Waals surface area contributed by atoms with Crippen LogP contribution in [0.1, 0.15) is 5.56 Å². The van der Waals surface area contributed by atoms with Crippen LogP contribution in [0.15, 0.2) is 23.4 Å².